The summed E-state index contributed by atoms with van der Waals surface area (Å²) in [4.78, 5) is 3.19. The van der Waals surface area contributed by atoms with E-state index in [1.807, 2.05) is 6.20 Å². The lowest BCUT2D eigenvalue weighted by atomic mass is 9.37. The molecule has 6 aliphatic carbocycles. The van der Waals surface area contributed by atoms with Gasteiger partial charge in [0.05, 0.1) is 0 Å². The third-order valence-corrected chi connectivity index (χ3v) is 13.7. The average molecular weight is 516 g/mol. The maximum Gasteiger partial charge on any atom is 0.0464 e. The highest BCUT2D eigenvalue weighted by Gasteiger charge is 2.84. The number of hydrogen-bond donors (Lipinski definition) is 3. The topological polar surface area (TPSA) is 56.2 Å². The van der Waals surface area contributed by atoms with Crippen molar-refractivity contribution in [3.8, 4) is 0 Å². The maximum absolute atomic E-state index is 10.8. The van der Waals surface area contributed by atoms with Crippen LogP contribution in [0.2, 0.25) is 0 Å². The van der Waals surface area contributed by atoms with Crippen LogP contribution < -0.4 is 0 Å². The summed E-state index contributed by atoms with van der Waals surface area (Å²) in [5.41, 5.74) is 5.44. The standard InChI is InChI=1S/C35H49NO2/c1-23-15-29-32(4)28(8-6-12-35(32)30(23)31(35,2)3)34(11-5-7-27(34)21-38)22-33(29)13-9-24(18-33)16-26(20-37)17-25-10-14-36-19-25/h6,10,12,14-15,19,24,26-28,30,36-38H,1,5,7-9,11,13,16-18,20-22H2,2-4H3/t24-,26-,27+,28+,30-,32+,33+,34-,35-/m0/s1. The normalized spacial score (nSPS) is 46.8. The van der Waals surface area contributed by atoms with Crippen LogP contribution in [0.15, 0.2) is 54.4 Å². The number of rotatable bonds is 6. The first-order valence-corrected chi connectivity index (χ1v) is 15.6. The minimum Gasteiger partial charge on any atom is -0.396 e. The highest BCUT2D eigenvalue weighted by Crippen LogP contribution is 2.89. The SMILES string of the molecule is C=C1C=C2[C@@]3(CC[C@@H](C[C@H](CO)Cc4cc[nH]c4)C3)C[C@]3(CCC[C@@H]3CO)[C@@H]3CC=C[C@@]4([C@@H]1C4(C)C)[C@@]23C. The highest BCUT2D eigenvalue weighted by molar-refractivity contribution is 5.56. The van der Waals surface area contributed by atoms with Crippen molar-refractivity contribution in [2.75, 3.05) is 13.2 Å². The van der Waals surface area contributed by atoms with Crippen molar-refractivity contribution < 1.29 is 10.2 Å². The van der Waals surface area contributed by atoms with E-state index in [9.17, 15) is 10.2 Å². The first-order chi connectivity index (χ1) is 18.2. The Bertz CT molecular complexity index is 1180. The van der Waals surface area contributed by atoms with E-state index in [-0.39, 0.29) is 33.7 Å². The molecule has 4 fully saturated rings. The number of aliphatic hydroxyl groups is 2. The van der Waals surface area contributed by atoms with Crippen LogP contribution in [0.5, 0.6) is 0 Å². The van der Waals surface area contributed by atoms with Gasteiger partial charge in [-0.05, 0) is 115 Å². The Balaban J connectivity index is 1.29. The van der Waals surface area contributed by atoms with Gasteiger partial charge in [-0.2, -0.15) is 0 Å². The van der Waals surface area contributed by atoms with Crippen LogP contribution in [0.3, 0.4) is 0 Å². The molecular formula is C35H49NO2. The third kappa shape index (κ3) is 2.94. The predicted octanol–water partition coefficient (Wildman–Crippen LogP) is 7.25. The maximum atomic E-state index is 10.8. The molecule has 3 nitrogen and oxygen atoms in total. The quantitative estimate of drug-likeness (QED) is 0.350. The van der Waals surface area contributed by atoms with Crippen LogP contribution in [0.25, 0.3) is 0 Å². The molecule has 7 rings (SSSR count). The van der Waals surface area contributed by atoms with Crippen molar-refractivity contribution in [2.45, 2.75) is 85.0 Å². The molecule has 3 spiro atoms. The van der Waals surface area contributed by atoms with E-state index in [4.69, 9.17) is 6.58 Å². The first kappa shape index (κ1) is 25.4. The summed E-state index contributed by atoms with van der Waals surface area (Å²) in [5.74, 6) is 2.59. The molecule has 1 aromatic rings. The van der Waals surface area contributed by atoms with Gasteiger partial charge in [0.15, 0.2) is 0 Å². The summed E-state index contributed by atoms with van der Waals surface area (Å²) >= 11 is 0. The highest BCUT2D eigenvalue weighted by atomic mass is 16.3. The van der Waals surface area contributed by atoms with Gasteiger partial charge >= 0.3 is 0 Å². The second-order valence-corrected chi connectivity index (χ2v) is 15.3. The van der Waals surface area contributed by atoms with E-state index >= 15 is 0 Å². The monoisotopic (exact) mass is 515 g/mol. The van der Waals surface area contributed by atoms with Crippen molar-refractivity contribution in [1.82, 2.24) is 4.98 Å². The number of hydrogen-bond acceptors (Lipinski definition) is 2. The summed E-state index contributed by atoms with van der Waals surface area (Å²) in [7, 11) is 0. The number of aromatic amines is 1. The number of fused-ring (bicyclic) bond motifs is 2. The molecule has 1 heterocycles. The summed E-state index contributed by atoms with van der Waals surface area (Å²) in [5, 5.41) is 21.1. The van der Waals surface area contributed by atoms with Crippen LogP contribution in [-0.2, 0) is 6.42 Å². The number of aromatic nitrogens is 1. The van der Waals surface area contributed by atoms with E-state index in [1.54, 1.807) is 5.57 Å². The molecule has 206 valence electrons. The fourth-order valence-corrected chi connectivity index (χ4v) is 12.6. The van der Waals surface area contributed by atoms with Crippen LogP contribution in [0, 0.1) is 56.7 Å². The van der Waals surface area contributed by atoms with Crippen molar-refractivity contribution in [2.24, 2.45) is 56.7 Å². The van der Waals surface area contributed by atoms with Gasteiger partial charge in [0.25, 0.3) is 0 Å². The molecule has 0 unspecified atom stereocenters. The molecule has 0 bridgehead atoms. The number of H-pyrrole nitrogens is 1. The number of nitrogens with one attached hydrogen (secondary N) is 1. The Morgan fingerprint density at radius 1 is 1.16 bits per heavy atom. The zero-order chi connectivity index (χ0) is 26.6. The first-order valence-electron chi connectivity index (χ1n) is 15.6. The molecule has 9 atom stereocenters. The summed E-state index contributed by atoms with van der Waals surface area (Å²) in [6, 6.07) is 2.15. The lowest BCUT2D eigenvalue weighted by Gasteiger charge is -2.67. The minimum absolute atomic E-state index is 0.142. The van der Waals surface area contributed by atoms with Gasteiger partial charge < -0.3 is 15.2 Å². The average Bonchev–Trinajstić information content (AvgIpc) is 3.44. The van der Waals surface area contributed by atoms with Gasteiger partial charge in [0, 0.05) is 36.4 Å². The molecule has 0 saturated heterocycles. The molecule has 38 heavy (non-hydrogen) atoms. The molecule has 6 aliphatic rings. The van der Waals surface area contributed by atoms with Gasteiger partial charge in [0.1, 0.15) is 0 Å². The van der Waals surface area contributed by atoms with Crippen LogP contribution in [0.4, 0.5) is 0 Å². The minimum atomic E-state index is 0.142. The van der Waals surface area contributed by atoms with Gasteiger partial charge in [-0.1, -0.05) is 63.1 Å². The number of aliphatic hydroxyl groups excluding tert-OH is 2. The summed E-state index contributed by atoms with van der Waals surface area (Å²) in [6.45, 7) is 13.0. The van der Waals surface area contributed by atoms with Gasteiger partial charge in [-0.25, -0.2) is 0 Å². The van der Waals surface area contributed by atoms with Crippen molar-refractivity contribution >= 4 is 0 Å². The van der Waals surface area contributed by atoms with E-state index < -0.39 is 0 Å². The second-order valence-electron chi connectivity index (χ2n) is 15.3. The summed E-state index contributed by atoms with van der Waals surface area (Å²) < 4.78 is 0. The molecular weight excluding hydrogens is 466 g/mol. The molecule has 0 aromatic carbocycles. The Morgan fingerprint density at radius 3 is 2.74 bits per heavy atom. The lowest BCUT2D eigenvalue weighted by molar-refractivity contribution is -0.110. The molecule has 3 heteroatoms. The fourth-order valence-electron chi connectivity index (χ4n) is 12.6. The van der Waals surface area contributed by atoms with Gasteiger partial charge in [-0.15, -0.1) is 0 Å². The molecule has 0 aliphatic heterocycles. The Labute approximate surface area is 229 Å². The van der Waals surface area contributed by atoms with E-state index in [0.717, 1.165) is 12.8 Å². The second kappa shape index (κ2) is 8.23. The zero-order valence-corrected chi connectivity index (χ0v) is 23.9. The number of allylic oxidation sites excluding steroid dienone is 5. The van der Waals surface area contributed by atoms with E-state index in [1.165, 1.54) is 62.5 Å². The Hall–Kier alpha value is -1.58. The molecule has 0 amide bonds. The van der Waals surface area contributed by atoms with E-state index in [0.29, 0.717) is 36.2 Å². The summed E-state index contributed by atoms with van der Waals surface area (Å²) in [6.07, 6.45) is 24.0. The predicted molar refractivity (Wildman–Crippen MR) is 153 cm³/mol. The Morgan fingerprint density at radius 2 is 2.00 bits per heavy atom. The van der Waals surface area contributed by atoms with Crippen molar-refractivity contribution in [1.29, 1.82) is 0 Å². The zero-order valence-electron chi connectivity index (χ0n) is 23.9. The van der Waals surface area contributed by atoms with Crippen LogP contribution in [-0.4, -0.2) is 28.4 Å². The largest absolute Gasteiger partial charge is 0.396 e. The van der Waals surface area contributed by atoms with Crippen molar-refractivity contribution in [3.63, 3.8) is 0 Å². The van der Waals surface area contributed by atoms with Gasteiger partial charge in [0.2, 0.25) is 0 Å². The third-order valence-electron chi connectivity index (χ3n) is 13.7. The molecule has 3 N–H and O–H groups in total. The van der Waals surface area contributed by atoms with E-state index in [2.05, 4.69) is 56.2 Å². The molecule has 1 aromatic heterocycles. The Kier molecular flexibility index (Phi) is 5.50. The molecule has 4 saturated carbocycles. The smallest absolute Gasteiger partial charge is 0.0464 e. The van der Waals surface area contributed by atoms with Crippen LogP contribution >= 0.6 is 0 Å². The fraction of sp³-hybridized carbons (Fsp3) is 0.714. The van der Waals surface area contributed by atoms with Crippen molar-refractivity contribution in [3.05, 3.63) is 60.0 Å². The lowest BCUT2D eigenvalue weighted by Crippen LogP contribution is -2.60. The van der Waals surface area contributed by atoms with Gasteiger partial charge in [-0.3, -0.25) is 0 Å². The van der Waals surface area contributed by atoms with Crippen LogP contribution in [0.1, 0.15) is 84.1 Å². The molecule has 0 radical (unpaired) electrons.